The fraction of sp³-hybridized carbons (Fsp3) is 0.438. The molecule has 0 atom stereocenters. The lowest BCUT2D eigenvalue weighted by Gasteiger charge is -2.20. The Kier molecular flexibility index (Phi) is 2.94. The maximum Gasteiger partial charge on any atom is 0.126 e. The zero-order valence-corrected chi connectivity index (χ0v) is 11.9. The molecule has 1 aromatic carbocycles. The minimum Gasteiger partial charge on any atom is -0.340 e. The summed E-state index contributed by atoms with van der Waals surface area (Å²) in [5.41, 5.74) is 5.23. The number of aromatic nitrogens is 2. The molecule has 1 aliphatic rings. The fourth-order valence-corrected chi connectivity index (χ4v) is 2.64. The lowest BCUT2D eigenvalue weighted by Crippen LogP contribution is -2.34. The molecular weight excluding hydrogens is 234 g/mol. The number of aromatic amines is 1. The molecule has 1 aliphatic carbocycles. The van der Waals surface area contributed by atoms with E-state index >= 15 is 0 Å². The van der Waals surface area contributed by atoms with Crippen LogP contribution in [-0.4, -0.2) is 17.0 Å². The van der Waals surface area contributed by atoms with Gasteiger partial charge in [0, 0.05) is 0 Å². The molecule has 2 aromatic rings. The van der Waals surface area contributed by atoms with Crippen LogP contribution in [0.1, 0.15) is 37.2 Å². The van der Waals surface area contributed by atoms with Crippen LogP contribution >= 0.6 is 0 Å². The summed E-state index contributed by atoms with van der Waals surface area (Å²) in [6.45, 7) is 4.25. The van der Waals surface area contributed by atoms with E-state index in [4.69, 9.17) is 0 Å². The Bertz CT molecular complexity index is 596. The summed E-state index contributed by atoms with van der Waals surface area (Å²) in [4.78, 5) is 7.95. The van der Waals surface area contributed by atoms with E-state index in [1.165, 1.54) is 36.0 Å². The average molecular weight is 255 g/mol. The second-order valence-electron chi connectivity index (χ2n) is 5.86. The number of benzene rings is 1. The number of imidazole rings is 1. The summed E-state index contributed by atoms with van der Waals surface area (Å²) in [6, 6.07) is 6.78. The van der Waals surface area contributed by atoms with Gasteiger partial charge in [0.25, 0.3) is 0 Å². The van der Waals surface area contributed by atoms with Crippen LogP contribution in [-0.2, 0) is 18.4 Å². The molecule has 0 saturated heterocycles. The molecule has 0 spiro atoms. The van der Waals surface area contributed by atoms with Gasteiger partial charge in [0.15, 0.2) is 0 Å². The molecule has 3 heteroatoms. The Morgan fingerprint density at radius 1 is 1.21 bits per heavy atom. The predicted molar refractivity (Wildman–Crippen MR) is 78.1 cm³/mol. The van der Waals surface area contributed by atoms with E-state index < -0.39 is 0 Å². The van der Waals surface area contributed by atoms with E-state index in [1.54, 1.807) is 0 Å². The van der Waals surface area contributed by atoms with Gasteiger partial charge in [-0.2, -0.15) is 0 Å². The van der Waals surface area contributed by atoms with Crippen LogP contribution in [0.3, 0.4) is 0 Å². The minimum atomic E-state index is -0.130. The highest BCUT2D eigenvalue weighted by atomic mass is 15.0. The van der Waals surface area contributed by atoms with Gasteiger partial charge in [-0.3, -0.25) is 0 Å². The van der Waals surface area contributed by atoms with Gasteiger partial charge in [0.2, 0.25) is 0 Å². The summed E-state index contributed by atoms with van der Waals surface area (Å²) >= 11 is 0. The zero-order valence-electron chi connectivity index (χ0n) is 11.9. The minimum absolute atomic E-state index is 0.130. The van der Waals surface area contributed by atoms with Crippen molar-refractivity contribution in [1.82, 2.24) is 15.3 Å². The quantitative estimate of drug-likeness (QED) is 0.885. The van der Waals surface area contributed by atoms with Crippen LogP contribution in [0.2, 0.25) is 0 Å². The number of hydrogen-bond donors (Lipinski definition) is 2. The second-order valence-corrected chi connectivity index (χ2v) is 5.86. The normalized spacial score (nSPS) is 14.7. The molecule has 3 rings (SSSR count). The predicted octanol–water partition coefficient (Wildman–Crippen LogP) is 3.02. The molecule has 1 aromatic heterocycles. The number of rotatable bonds is 3. The molecular formula is C16H21N3. The number of fused-ring (bicyclic) bond motifs is 1. The Morgan fingerprint density at radius 2 is 2.00 bits per heavy atom. The molecule has 0 aliphatic heterocycles. The number of H-pyrrole nitrogens is 1. The fourth-order valence-electron chi connectivity index (χ4n) is 2.64. The van der Waals surface area contributed by atoms with Gasteiger partial charge in [-0.15, -0.1) is 0 Å². The van der Waals surface area contributed by atoms with E-state index in [0.29, 0.717) is 0 Å². The summed E-state index contributed by atoms with van der Waals surface area (Å²) in [6.07, 6.45) is 5.67. The molecule has 0 amide bonds. The highest BCUT2D eigenvalue weighted by Crippen LogP contribution is 2.28. The van der Waals surface area contributed by atoms with Crippen molar-refractivity contribution in [1.29, 1.82) is 0 Å². The van der Waals surface area contributed by atoms with Crippen LogP contribution in [0.15, 0.2) is 24.4 Å². The van der Waals surface area contributed by atoms with Crippen LogP contribution < -0.4 is 5.32 Å². The smallest absolute Gasteiger partial charge is 0.126 e. The van der Waals surface area contributed by atoms with Crippen LogP contribution in [0.25, 0.3) is 11.3 Å². The van der Waals surface area contributed by atoms with Crippen molar-refractivity contribution in [2.45, 2.75) is 38.6 Å². The third-order valence-corrected chi connectivity index (χ3v) is 4.20. The molecule has 0 saturated carbocycles. The van der Waals surface area contributed by atoms with Crippen molar-refractivity contribution in [2.75, 3.05) is 7.05 Å². The van der Waals surface area contributed by atoms with E-state index in [1.807, 2.05) is 13.2 Å². The first-order chi connectivity index (χ1) is 9.10. The van der Waals surface area contributed by atoms with E-state index in [2.05, 4.69) is 47.3 Å². The van der Waals surface area contributed by atoms with Gasteiger partial charge in [-0.1, -0.05) is 12.1 Å². The third kappa shape index (κ3) is 2.19. The molecule has 0 fully saturated rings. The Hall–Kier alpha value is -1.61. The van der Waals surface area contributed by atoms with Gasteiger partial charge in [0.05, 0.1) is 17.4 Å². The van der Waals surface area contributed by atoms with E-state index in [0.717, 1.165) is 11.5 Å². The lowest BCUT2D eigenvalue weighted by molar-refractivity contribution is 0.421. The van der Waals surface area contributed by atoms with E-state index in [-0.39, 0.29) is 5.54 Å². The number of nitrogens with one attached hydrogen (secondary N) is 2. The largest absolute Gasteiger partial charge is 0.340 e. The first kappa shape index (κ1) is 12.4. The third-order valence-electron chi connectivity index (χ3n) is 4.20. The highest BCUT2D eigenvalue weighted by molar-refractivity contribution is 5.61. The van der Waals surface area contributed by atoms with Crippen molar-refractivity contribution in [3.8, 4) is 11.3 Å². The molecule has 19 heavy (non-hydrogen) atoms. The van der Waals surface area contributed by atoms with Crippen LogP contribution in [0.4, 0.5) is 0 Å². The monoisotopic (exact) mass is 255 g/mol. The number of aryl methyl sites for hydroxylation is 2. The van der Waals surface area contributed by atoms with Gasteiger partial charge >= 0.3 is 0 Å². The van der Waals surface area contributed by atoms with Crippen LogP contribution in [0.5, 0.6) is 0 Å². The first-order valence-electron chi connectivity index (χ1n) is 6.97. The Labute approximate surface area is 114 Å². The molecule has 100 valence electrons. The van der Waals surface area contributed by atoms with Gasteiger partial charge in [-0.25, -0.2) is 4.98 Å². The molecule has 0 unspecified atom stereocenters. The maximum atomic E-state index is 4.51. The lowest BCUT2D eigenvalue weighted by atomic mass is 10.0. The Morgan fingerprint density at radius 3 is 2.79 bits per heavy atom. The van der Waals surface area contributed by atoms with Gasteiger partial charge in [0.1, 0.15) is 5.82 Å². The van der Waals surface area contributed by atoms with Crippen molar-refractivity contribution in [3.05, 3.63) is 41.3 Å². The SMILES string of the molecule is CNC(C)(C)c1ncc(-c2ccc3c(c2)CCC3)[nH]1. The first-order valence-corrected chi connectivity index (χ1v) is 6.97. The molecule has 2 N–H and O–H groups in total. The zero-order chi connectivity index (χ0) is 13.5. The second kappa shape index (κ2) is 4.49. The molecule has 3 nitrogen and oxygen atoms in total. The molecule has 0 bridgehead atoms. The molecule has 1 heterocycles. The van der Waals surface area contributed by atoms with Crippen molar-refractivity contribution in [2.24, 2.45) is 0 Å². The maximum absolute atomic E-state index is 4.51. The topological polar surface area (TPSA) is 40.7 Å². The van der Waals surface area contributed by atoms with Crippen LogP contribution in [0, 0.1) is 0 Å². The highest BCUT2D eigenvalue weighted by Gasteiger charge is 2.21. The van der Waals surface area contributed by atoms with Crippen molar-refractivity contribution in [3.63, 3.8) is 0 Å². The summed E-state index contributed by atoms with van der Waals surface area (Å²) < 4.78 is 0. The molecule has 0 radical (unpaired) electrons. The summed E-state index contributed by atoms with van der Waals surface area (Å²) in [5.74, 6) is 0.977. The van der Waals surface area contributed by atoms with Crippen molar-refractivity contribution >= 4 is 0 Å². The number of nitrogens with zero attached hydrogens (tertiary/aromatic N) is 1. The average Bonchev–Trinajstić information content (AvgIpc) is 3.06. The van der Waals surface area contributed by atoms with E-state index in [9.17, 15) is 0 Å². The summed E-state index contributed by atoms with van der Waals surface area (Å²) in [5, 5.41) is 3.27. The number of hydrogen-bond acceptors (Lipinski definition) is 2. The summed E-state index contributed by atoms with van der Waals surface area (Å²) in [7, 11) is 1.96. The van der Waals surface area contributed by atoms with Gasteiger partial charge in [-0.05, 0) is 62.9 Å². The Balaban J connectivity index is 1.95. The van der Waals surface area contributed by atoms with Crippen molar-refractivity contribution < 1.29 is 0 Å². The standard InChI is InChI=1S/C16H21N3/c1-16(2,17-3)15-18-10-14(19-15)13-8-7-11-5-4-6-12(11)9-13/h7-10,17H,4-6H2,1-3H3,(H,18,19). The van der Waals surface area contributed by atoms with Gasteiger partial charge < -0.3 is 10.3 Å².